The molecule has 3 heterocycles. The zero-order chi connectivity index (χ0) is 16.4. The van der Waals surface area contributed by atoms with Gasteiger partial charge < -0.3 is 10.6 Å². The fourth-order valence-electron chi connectivity index (χ4n) is 3.65. The van der Waals surface area contributed by atoms with Gasteiger partial charge in [-0.1, -0.05) is 13.8 Å². The molecule has 0 spiro atoms. The molecule has 6 nitrogen and oxygen atoms in total. The number of halogens is 1. The average molecular weight is 373 g/mol. The van der Waals surface area contributed by atoms with E-state index in [1.54, 1.807) is 11.3 Å². The number of amides is 3. The lowest BCUT2D eigenvalue weighted by molar-refractivity contribution is -0.134. The number of rotatable bonds is 5. The third-order valence-corrected chi connectivity index (χ3v) is 6.06. The Labute approximate surface area is 152 Å². The topological polar surface area (TPSA) is 74.3 Å². The van der Waals surface area contributed by atoms with Crippen molar-refractivity contribution in [2.75, 3.05) is 13.1 Å². The van der Waals surface area contributed by atoms with Gasteiger partial charge in [0, 0.05) is 5.38 Å². The SMILES string of the molecule is CCc1nc(CN2C(=O)NC(CC)(C3CCNCC3)C2=O)cs1.Cl. The van der Waals surface area contributed by atoms with Crippen LogP contribution in [0.25, 0.3) is 0 Å². The van der Waals surface area contributed by atoms with Crippen LogP contribution in [0.5, 0.6) is 0 Å². The summed E-state index contributed by atoms with van der Waals surface area (Å²) >= 11 is 1.58. The predicted octanol–water partition coefficient (Wildman–Crippen LogP) is 2.33. The lowest BCUT2D eigenvalue weighted by Crippen LogP contribution is -2.55. The molecule has 2 fully saturated rings. The van der Waals surface area contributed by atoms with Crippen LogP contribution in [0.15, 0.2) is 5.38 Å². The molecular weight excluding hydrogens is 348 g/mol. The smallest absolute Gasteiger partial charge is 0.323 e. The number of imide groups is 1. The molecule has 1 atom stereocenters. The summed E-state index contributed by atoms with van der Waals surface area (Å²) in [5.74, 6) is 0.125. The van der Waals surface area contributed by atoms with Crippen molar-refractivity contribution in [3.8, 4) is 0 Å². The number of aryl methyl sites for hydroxylation is 1. The van der Waals surface area contributed by atoms with Gasteiger partial charge in [-0.3, -0.25) is 9.69 Å². The number of carbonyl (C=O) groups is 2. The maximum Gasteiger partial charge on any atom is 0.325 e. The lowest BCUT2D eigenvalue weighted by Gasteiger charge is -2.37. The van der Waals surface area contributed by atoms with Crippen molar-refractivity contribution in [2.24, 2.45) is 5.92 Å². The second kappa shape index (κ2) is 7.80. The first-order valence-electron chi connectivity index (χ1n) is 8.38. The Bertz CT molecular complexity index is 603. The molecule has 0 bridgehead atoms. The number of nitrogens with one attached hydrogen (secondary N) is 2. The number of hydrogen-bond donors (Lipinski definition) is 2. The third-order valence-electron chi connectivity index (χ3n) is 5.02. The van der Waals surface area contributed by atoms with E-state index in [4.69, 9.17) is 0 Å². The Morgan fingerprint density at radius 1 is 1.33 bits per heavy atom. The summed E-state index contributed by atoms with van der Waals surface area (Å²) in [7, 11) is 0. The fourth-order valence-corrected chi connectivity index (χ4v) is 4.39. The highest BCUT2D eigenvalue weighted by Gasteiger charge is 2.54. The molecule has 24 heavy (non-hydrogen) atoms. The second-order valence-electron chi connectivity index (χ2n) is 6.26. The van der Waals surface area contributed by atoms with Crippen molar-refractivity contribution >= 4 is 35.7 Å². The van der Waals surface area contributed by atoms with Gasteiger partial charge >= 0.3 is 6.03 Å². The van der Waals surface area contributed by atoms with E-state index in [1.807, 2.05) is 12.3 Å². The number of aromatic nitrogens is 1. The lowest BCUT2D eigenvalue weighted by atomic mass is 9.76. The third kappa shape index (κ3) is 3.30. The summed E-state index contributed by atoms with van der Waals surface area (Å²) in [5.41, 5.74) is 0.0653. The van der Waals surface area contributed by atoms with Gasteiger partial charge in [-0.05, 0) is 44.7 Å². The zero-order valence-corrected chi connectivity index (χ0v) is 15.8. The first kappa shape index (κ1) is 19.1. The van der Waals surface area contributed by atoms with Crippen LogP contribution in [-0.4, -0.2) is 40.5 Å². The highest BCUT2D eigenvalue weighted by molar-refractivity contribution is 7.09. The van der Waals surface area contributed by atoms with Crippen LogP contribution in [0.1, 0.15) is 43.8 Å². The molecule has 3 rings (SSSR count). The molecule has 1 aromatic rings. The predicted molar refractivity (Wildman–Crippen MR) is 96.4 cm³/mol. The minimum atomic E-state index is -0.733. The van der Waals surface area contributed by atoms with Crippen molar-refractivity contribution in [3.63, 3.8) is 0 Å². The van der Waals surface area contributed by atoms with E-state index >= 15 is 0 Å². The molecule has 2 aliphatic rings. The number of carbonyl (C=O) groups excluding carboxylic acids is 2. The van der Waals surface area contributed by atoms with Crippen LogP contribution in [0, 0.1) is 5.92 Å². The quantitative estimate of drug-likeness (QED) is 0.778. The summed E-state index contributed by atoms with van der Waals surface area (Å²) in [6.07, 6.45) is 3.35. The molecule has 0 radical (unpaired) electrons. The largest absolute Gasteiger partial charge is 0.325 e. The summed E-state index contributed by atoms with van der Waals surface area (Å²) in [6, 6.07) is -0.276. The molecule has 0 saturated carbocycles. The molecule has 8 heteroatoms. The Balaban J connectivity index is 0.00000208. The minimum absolute atomic E-state index is 0. The number of urea groups is 1. The molecule has 2 saturated heterocycles. The van der Waals surface area contributed by atoms with Crippen molar-refractivity contribution < 1.29 is 9.59 Å². The van der Waals surface area contributed by atoms with Gasteiger partial charge in [-0.15, -0.1) is 23.7 Å². The summed E-state index contributed by atoms with van der Waals surface area (Å²) in [4.78, 5) is 31.3. The first-order chi connectivity index (χ1) is 11.1. The summed E-state index contributed by atoms with van der Waals surface area (Å²) < 4.78 is 0. The van der Waals surface area contributed by atoms with Gasteiger partial charge in [-0.2, -0.15) is 0 Å². The van der Waals surface area contributed by atoms with Gasteiger partial charge in [0.2, 0.25) is 0 Å². The van der Waals surface area contributed by atoms with E-state index in [9.17, 15) is 9.59 Å². The van der Waals surface area contributed by atoms with Crippen LogP contribution >= 0.6 is 23.7 Å². The Kier molecular flexibility index (Phi) is 6.22. The zero-order valence-electron chi connectivity index (χ0n) is 14.1. The molecule has 1 aromatic heterocycles. The summed E-state index contributed by atoms with van der Waals surface area (Å²) in [5, 5.41) is 9.31. The molecule has 0 aromatic carbocycles. The molecule has 2 N–H and O–H groups in total. The van der Waals surface area contributed by atoms with Gasteiger partial charge in [0.05, 0.1) is 17.2 Å². The standard InChI is InChI=1S/C16H24N4O2S.ClH/c1-3-13-18-12(10-23-13)9-20-14(21)16(4-2,19-15(20)22)11-5-7-17-8-6-11;/h10-11,17H,3-9H2,1-2H3,(H,19,22);1H. The van der Waals surface area contributed by atoms with Gasteiger partial charge in [0.15, 0.2) is 0 Å². The Hall–Kier alpha value is -1.18. The van der Waals surface area contributed by atoms with Crippen molar-refractivity contribution in [2.45, 2.75) is 51.6 Å². The molecular formula is C16H25ClN4O2S. The summed E-state index contributed by atoms with van der Waals surface area (Å²) in [6.45, 7) is 6.12. The molecule has 0 aliphatic carbocycles. The highest BCUT2D eigenvalue weighted by Crippen LogP contribution is 2.35. The van der Waals surface area contributed by atoms with Crippen molar-refractivity contribution in [1.29, 1.82) is 0 Å². The molecule has 134 valence electrons. The van der Waals surface area contributed by atoms with E-state index in [0.29, 0.717) is 6.42 Å². The molecule has 2 aliphatic heterocycles. The van der Waals surface area contributed by atoms with E-state index in [0.717, 1.165) is 43.1 Å². The number of thiazole rings is 1. The monoisotopic (exact) mass is 372 g/mol. The second-order valence-corrected chi connectivity index (χ2v) is 7.20. The molecule has 3 amide bonds. The van der Waals surface area contributed by atoms with Crippen LogP contribution in [0.3, 0.4) is 0 Å². The van der Waals surface area contributed by atoms with Gasteiger partial charge in [-0.25, -0.2) is 9.78 Å². The Morgan fingerprint density at radius 2 is 2.04 bits per heavy atom. The average Bonchev–Trinajstić information content (AvgIpc) is 3.14. The van der Waals surface area contributed by atoms with Crippen LogP contribution in [0.4, 0.5) is 4.79 Å². The van der Waals surface area contributed by atoms with E-state index in [2.05, 4.69) is 22.5 Å². The maximum atomic E-state index is 13.0. The number of piperidine rings is 1. The fraction of sp³-hybridized carbons (Fsp3) is 0.688. The van der Waals surface area contributed by atoms with Gasteiger partial charge in [0.25, 0.3) is 5.91 Å². The highest BCUT2D eigenvalue weighted by atomic mass is 35.5. The van der Waals surface area contributed by atoms with Crippen molar-refractivity contribution in [3.05, 3.63) is 16.1 Å². The maximum absolute atomic E-state index is 13.0. The first-order valence-corrected chi connectivity index (χ1v) is 9.26. The normalized spacial score (nSPS) is 24.8. The number of nitrogens with zero attached hydrogens (tertiary/aromatic N) is 2. The van der Waals surface area contributed by atoms with Crippen LogP contribution in [-0.2, 0) is 17.8 Å². The van der Waals surface area contributed by atoms with E-state index in [-0.39, 0.29) is 36.8 Å². The van der Waals surface area contributed by atoms with E-state index in [1.165, 1.54) is 4.90 Å². The van der Waals surface area contributed by atoms with Crippen LogP contribution in [0.2, 0.25) is 0 Å². The Morgan fingerprint density at radius 3 is 2.62 bits per heavy atom. The van der Waals surface area contributed by atoms with Crippen molar-refractivity contribution in [1.82, 2.24) is 20.5 Å². The van der Waals surface area contributed by atoms with E-state index < -0.39 is 5.54 Å². The molecule has 1 unspecified atom stereocenters. The number of hydrogen-bond acceptors (Lipinski definition) is 5. The van der Waals surface area contributed by atoms with Gasteiger partial charge in [0.1, 0.15) is 5.54 Å². The minimum Gasteiger partial charge on any atom is -0.323 e. The van der Waals surface area contributed by atoms with Crippen LogP contribution < -0.4 is 10.6 Å².